The average molecular weight is 193 g/mol. The Kier molecular flexibility index (Phi) is 4.53. The Bertz CT molecular complexity index is 269. The first kappa shape index (κ1) is 11.1. The SMILES string of the molecule is CC.Cc1cncc(CN2CCC2)n1. The van der Waals surface area contributed by atoms with E-state index in [9.17, 15) is 0 Å². The summed E-state index contributed by atoms with van der Waals surface area (Å²) in [6.07, 6.45) is 4.98. The maximum atomic E-state index is 4.39. The van der Waals surface area contributed by atoms with Crippen molar-refractivity contribution in [1.82, 2.24) is 14.9 Å². The Balaban J connectivity index is 0.000000461. The van der Waals surface area contributed by atoms with Crippen molar-refractivity contribution in [2.24, 2.45) is 0 Å². The lowest BCUT2D eigenvalue weighted by Crippen LogP contribution is -2.36. The quantitative estimate of drug-likeness (QED) is 0.719. The number of hydrogen-bond donors (Lipinski definition) is 0. The molecule has 0 radical (unpaired) electrons. The van der Waals surface area contributed by atoms with Crippen molar-refractivity contribution in [1.29, 1.82) is 0 Å². The van der Waals surface area contributed by atoms with Crippen molar-refractivity contribution >= 4 is 0 Å². The minimum absolute atomic E-state index is 0.967. The lowest BCUT2D eigenvalue weighted by atomic mass is 10.2. The van der Waals surface area contributed by atoms with Gasteiger partial charge in [0.05, 0.1) is 11.4 Å². The van der Waals surface area contributed by atoms with E-state index in [1.807, 2.05) is 27.0 Å². The first-order valence-electron chi connectivity index (χ1n) is 5.34. The van der Waals surface area contributed by atoms with Crippen LogP contribution in [0.5, 0.6) is 0 Å². The molecule has 0 aromatic carbocycles. The van der Waals surface area contributed by atoms with Gasteiger partial charge in [0.1, 0.15) is 0 Å². The molecule has 0 N–H and O–H groups in total. The number of aryl methyl sites for hydroxylation is 1. The first-order valence-corrected chi connectivity index (χ1v) is 5.34. The third-order valence-corrected chi connectivity index (χ3v) is 2.14. The Morgan fingerprint density at radius 1 is 1.29 bits per heavy atom. The van der Waals surface area contributed by atoms with Gasteiger partial charge in [-0.1, -0.05) is 13.8 Å². The van der Waals surface area contributed by atoms with Crippen LogP contribution in [0.1, 0.15) is 31.7 Å². The van der Waals surface area contributed by atoms with E-state index in [1.165, 1.54) is 19.5 Å². The van der Waals surface area contributed by atoms with Gasteiger partial charge in [-0.25, -0.2) is 0 Å². The zero-order valence-corrected chi connectivity index (χ0v) is 9.32. The van der Waals surface area contributed by atoms with Crippen molar-refractivity contribution in [2.75, 3.05) is 13.1 Å². The highest BCUT2D eigenvalue weighted by Crippen LogP contribution is 2.09. The third-order valence-electron chi connectivity index (χ3n) is 2.14. The van der Waals surface area contributed by atoms with Crippen molar-refractivity contribution in [3.63, 3.8) is 0 Å². The third kappa shape index (κ3) is 3.07. The largest absolute Gasteiger partial charge is 0.297 e. The molecule has 1 aliphatic rings. The zero-order chi connectivity index (χ0) is 10.4. The second-order valence-corrected chi connectivity index (χ2v) is 3.28. The predicted octanol–water partition coefficient (Wildman–Crippen LogP) is 2.02. The molecule has 1 aromatic rings. The first-order chi connectivity index (χ1) is 6.84. The Morgan fingerprint density at radius 3 is 2.50 bits per heavy atom. The van der Waals surface area contributed by atoms with E-state index < -0.39 is 0 Å². The summed E-state index contributed by atoms with van der Waals surface area (Å²) in [4.78, 5) is 10.9. The van der Waals surface area contributed by atoms with Gasteiger partial charge in [0.2, 0.25) is 0 Å². The number of rotatable bonds is 2. The molecule has 1 saturated heterocycles. The second kappa shape index (κ2) is 5.70. The molecule has 0 atom stereocenters. The lowest BCUT2D eigenvalue weighted by Gasteiger charge is -2.30. The summed E-state index contributed by atoms with van der Waals surface area (Å²) in [7, 11) is 0. The van der Waals surface area contributed by atoms with Crippen LogP contribution < -0.4 is 0 Å². The fraction of sp³-hybridized carbons (Fsp3) is 0.636. The highest BCUT2D eigenvalue weighted by atomic mass is 15.2. The second-order valence-electron chi connectivity index (χ2n) is 3.28. The van der Waals surface area contributed by atoms with Crippen LogP contribution in [0.15, 0.2) is 12.4 Å². The lowest BCUT2D eigenvalue weighted by molar-refractivity contribution is 0.170. The molecule has 0 unspecified atom stereocenters. The van der Waals surface area contributed by atoms with Crippen LogP contribution in [0.25, 0.3) is 0 Å². The van der Waals surface area contributed by atoms with Crippen molar-refractivity contribution < 1.29 is 0 Å². The van der Waals surface area contributed by atoms with Gasteiger partial charge in [0.15, 0.2) is 0 Å². The molecule has 2 rings (SSSR count). The van der Waals surface area contributed by atoms with Gasteiger partial charge >= 0.3 is 0 Å². The molecule has 1 aliphatic heterocycles. The Morgan fingerprint density at radius 2 is 2.00 bits per heavy atom. The molecule has 1 fully saturated rings. The van der Waals surface area contributed by atoms with Crippen LogP contribution in [0.4, 0.5) is 0 Å². The molecular weight excluding hydrogens is 174 g/mol. The van der Waals surface area contributed by atoms with E-state index in [0.29, 0.717) is 0 Å². The number of likely N-dealkylation sites (tertiary alicyclic amines) is 1. The molecule has 0 bridgehead atoms. The normalized spacial score (nSPS) is 15.4. The van der Waals surface area contributed by atoms with Crippen LogP contribution in [0.2, 0.25) is 0 Å². The standard InChI is InChI=1S/C9H13N3.C2H6/c1-8-5-10-6-9(11-8)7-12-3-2-4-12;1-2/h5-6H,2-4,7H2,1H3;1-2H3. The maximum Gasteiger partial charge on any atom is 0.0730 e. The molecule has 1 aromatic heterocycles. The summed E-state index contributed by atoms with van der Waals surface area (Å²) in [6.45, 7) is 9.38. The van der Waals surface area contributed by atoms with Gasteiger partial charge in [-0.05, 0) is 26.4 Å². The van der Waals surface area contributed by atoms with Gasteiger partial charge in [0, 0.05) is 18.9 Å². The van der Waals surface area contributed by atoms with Crippen molar-refractivity contribution in [3.05, 3.63) is 23.8 Å². The molecule has 0 spiro atoms. The molecule has 0 saturated carbocycles. The summed E-state index contributed by atoms with van der Waals surface area (Å²) in [5.41, 5.74) is 2.10. The summed E-state index contributed by atoms with van der Waals surface area (Å²) in [6, 6.07) is 0. The summed E-state index contributed by atoms with van der Waals surface area (Å²) < 4.78 is 0. The molecule has 0 amide bonds. The van der Waals surface area contributed by atoms with E-state index >= 15 is 0 Å². The summed E-state index contributed by atoms with van der Waals surface area (Å²) in [5.74, 6) is 0. The average Bonchev–Trinajstić information content (AvgIpc) is 2.15. The van der Waals surface area contributed by atoms with Crippen molar-refractivity contribution in [3.8, 4) is 0 Å². The monoisotopic (exact) mass is 193 g/mol. The molecule has 78 valence electrons. The summed E-state index contributed by atoms with van der Waals surface area (Å²) >= 11 is 0. The minimum Gasteiger partial charge on any atom is -0.297 e. The molecule has 14 heavy (non-hydrogen) atoms. The molecule has 0 aliphatic carbocycles. The van der Waals surface area contributed by atoms with E-state index in [1.54, 1.807) is 6.20 Å². The zero-order valence-electron chi connectivity index (χ0n) is 9.32. The predicted molar refractivity (Wildman–Crippen MR) is 58.0 cm³/mol. The van der Waals surface area contributed by atoms with Gasteiger partial charge in [-0.15, -0.1) is 0 Å². The number of hydrogen-bond acceptors (Lipinski definition) is 3. The fourth-order valence-electron chi connectivity index (χ4n) is 1.36. The van der Waals surface area contributed by atoms with E-state index in [4.69, 9.17) is 0 Å². The van der Waals surface area contributed by atoms with Crippen molar-refractivity contribution in [2.45, 2.75) is 33.7 Å². The van der Waals surface area contributed by atoms with Gasteiger partial charge < -0.3 is 0 Å². The molecule has 2 heterocycles. The highest BCUT2D eigenvalue weighted by Gasteiger charge is 2.14. The van der Waals surface area contributed by atoms with Crippen LogP contribution >= 0.6 is 0 Å². The molecule has 3 nitrogen and oxygen atoms in total. The Labute approximate surface area is 86.2 Å². The fourth-order valence-corrected chi connectivity index (χ4v) is 1.36. The van der Waals surface area contributed by atoms with Gasteiger partial charge in [0.25, 0.3) is 0 Å². The van der Waals surface area contributed by atoms with Crippen LogP contribution in [-0.2, 0) is 6.54 Å². The molecule has 3 heteroatoms. The van der Waals surface area contributed by atoms with Gasteiger partial charge in [-0.2, -0.15) is 0 Å². The highest BCUT2D eigenvalue weighted by molar-refractivity contribution is 5.01. The van der Waals surface area contributed by atoms with Gasteiger partial charge in [-0.3, -0.25) is 14.9 Å². The van der Waals surface area contributed by atoms with Crippen LogP contribution in [0.3, 0.4) is 0 Å². The van der Waals surface area contributed by atoms with E-state index in [-0.39, 0.29) is 0 Å². The van der Waals surface area contributed by atoms with Crippen LogP contribution in [-0.4, -0.2) is 28.0 Å². The smallest absolute Gasteiger partial charge is 0.0730 e. The number of aromatic nitrogens is 2. The maximum absolute atomic E-state index is 4.39. The summed E-state index contributed by atoms with van der Waals surface area (Å²) in [5, 5.41) is 0. The number of nitrogens with zero attached hydrogens (tertiary/aromatic N) is 3. The van der Waals surface area contributed by atoms with E-state index in [2.05, 4.69) is 14.9 Å². The van der Waals surface area contributed by atoms with E-state index in [0.717, 1.165) is 17.9 Å². The minimum atomic E-state index is 0.967. The van der Waals surface area contributed by atoms with Crippen LogP contribution in [0, 0.1) is 6.92 Å². The Hall–Kier alpha value is -0.960. The molecular formula is C11H19N3. The topological polar surface area (TPSA) is 29.0 Å².